The Balaban J connectivity index is 1.21. The summed E-state index contributed by atoms with van der Waals surface area (Å²) >= 11 is 0. The molecule has 2 aliphatic heterocycles. The summed E-state index contributed by atoms with van der Waals surface area (Å²) in [5.74, 6) is -1.69. The Bertz CT molecular complexity index is 1750. The molecule has 3 heterocycles. The molecule has 0 aliphatic carbocycles. The van der Waals surface area contributed by atoms with Crippen LogP contribution in [-0.4, -0.2) is 57.3 Å². The summed E-state index contributed by atoms with van der Waals surface area (Å²) in [5, 5.41) is 15.4. The number of piperidine rings is 1. The number of alkyl halides is 3. The lowest BCUT2D eigenvalue weighted by molar-refractivity contribution is -0.141. The van der Waals surface area contributed by atoms with Crippen LogP contribution in [0, 0.1) is 0 Å². The van der Waals surface area contributed by atoms with Crippen molar-refractivity contribution in [1.29, 1.82) is 0 Å². The van der Waals surface area contributed by atoms with Crippen molar-refractivity contribution in [3.8, 4) is 0 Å². The van der Waals surface area contributed by atoms with Crippen LogP contribution in [0.5, 0.6) is 0 Å². The Morgan fingerprint density at radius 2 is 1.51 bits per heavy atom. The summed E-state index contributed by atoms with van der Waals surface area (Å²) < 4.78 is 48.8. The summed E-state index contributed by atoms with van der Waals surface area (Å²) in [6.07, 6.45) is -2.85. The Morgan fingerprint density at radius 1 is 0.915 bits per heavy atom. The molecule has 47 heavy (non-hydrogen) atoms. The van der Waals surface area contributed by atoms with Crippen LogP contribution in [-0.2, 0) is 28.2 Å². The molecule has 11 heteroatoms. The molecule has 1 aromatic heterocycles. The number of carbonyl (C=O) groups excluding carboxylic acids is 1. The Labute approximate surface area is 271 Å². The van der Waals surface area contributed by atoms with E-state index in [9.17, 15) is 18.0 Å². The lowest BCUT2D eigenvalue weighted by atomic mass is 9.68. The van der Waals surface area contributed by atoms with E-state index in [1.54, 1.807) is 20.9 Å². The lowest BCUT2D eigenvalue weighted by Crippen LogP contribution is -2.44. The minimum Gasteiger partial charge on any atom is -0.461 e. The molecule has 1 fully saturated rings. The first-order chi connectivity index (χ1) is 22.6. The number of likely N-dealkylation sites (tertiary alicyclic amines) is 1. The average Bonchev–Trinajstić information content (AvgIpc) is 3.50. The molecule has 0 bridgehead atoms. The van der Waals surface area contributed by atoms with Crippen LogP contribution >= 0.6 is 0 Å². The van der Waals surface area contributed by atoms with Gasteiger partial charge in [0.25, 0.3) is 0 Å². The van der Waals surface area contributed by atoms with E-state index < -0.39 is 23.6 Å². The number of nitrogens with zero attached hydrogens (tertiary/aromatic N) is 5. The Kier molecular flexibility index (Phi) is 9.01. The highest BCUT2D eigenvalue weighted by Gasteiger charge is 2.43. The van der Waals surface area contributed by atoms with Gasteiger partial charge in [-0.25, -0.2) is 4.79 Å². The molecule has 8 nitrogen and oxygen atoms in total. The van der Waals surface area contributed by atoms with E-state index in [1.807, 2.05) is 12.1 Å². The van der Waals surface area contributed by atoms with E-state index in [0.717, 1.165) is 32.0 Å². The second-order valence-corrected chi connectivity index (χ2v) is 12.1. The van der Waals surface area contributed by atoms with Gasteiger partial charge in [-0.1, -0.05) is 78.9 Å². The van der Waals surface area contributed by atoms with Crippen molar-refractivity contribution in [2.45, 2.75) is 44.2 Å². The van der Waals surface area contributed by atoms with E-state index in [1.165, 1.54) is 34.1 Å². The van der Waals surface area contributed by atoms with Crippen LogP contribution in [0.15, 0.2) is 102 Å². The van der Waals surface area contributed by atoms with E-state index in [2.05, 4.69) is 74.2 Å². The number of halogens is 3. The van der Waals surface area contributed by atoms with Gasteiger partial charge in [0.15, 0.2) is 0 Å². The van der Waals surface area contributed by atoms with Crippen LogP contribution in [0.1, 0.15) is 60.7 Å². The third kappa shape index (κ3) is 6.44. The van der Waals surface area contributed by atoms with E-state index in [0.29, 0.717) is 23.5 Å². The number of hydrogen-bond acceptors (Lipinski definition) is 7. The van der Waals surface area contributed by atoms with Crippen molar-refractivity contribution in [2.75, 3.05) is 26.2 Å². The highest BCUT2D eigenvalue weighted by molar-refractivity contribution is 5.97. The standard InChI is InChI=1S/C36H37F3N6O2/c1-24-30(33-41-43-44(3)42-33)32(28-16-10-11-17-29(28)36(37,38)39)31(25(2)40-24)34(46)47-23-22-45-20-18-35(19-21-45,26-12-6-4-7-13-26)27-14-8-5-9-15-27/h4-17,32,40H,18-23H2,1-3H3. The molecule has 1 unspecified atom stereocenters. The highest BCUT2D eigenvalue weighted by atomic mass is 19.4. The number of esters is 1. The molecule has 6 rings (SSSR count). The zero-order valence-electron chi connectivity index (χ0n) is 26.6. The molecule has 0 radical (unpaired) electrons. The van der Waals surface area contributed by atoms with Crippen molar-refractivity contribution in [3.05, 3.63) is 130 Å². The van der Waals surface area contributed by atoms with Crippen molar-refractivity contribution < 1.29 is 22.7 Å². The number of allylic oxidation sites excluding steroid dienone is 3. The number of aryl methyl sites for hydroxylation is 1. The van der Waals surface area contributed by atoms with Crippen LogP contribution in [0.2, 0.25) is 0 Å². The van der Waals surface area contributed by atoms with Crippen molar-refractivity contribution >= 4 is 11.5 Å². The summed E-state index contributed by atoms with van der Waals surface area (Å²) in [4.78, 5) is 17.4. The van der Waals surface area contributed by atoms with Gasteiger partial charge in [-0.2, -0.15) is 18.0 Å². The number of nitrogens with one attached hydrogen (secondary N) is 1. The number of rotatable bonds is 8. The van der Waals surface area contributed by atoms with Gasteiger partial charge >= 0.3 is 12.1 Å². The van der Waals surface area contributed by atoms with Gasteiger partial charge in [0.1, 0.15) is 6.61 Å². The van der Waals surface area contributed by atoms with Crippen molar-refractivity contribution in [2.24, 2.45) is 7.05 Å². The number of hydrogen-bond donors (Lipinski definition) is 1. The third-order valence-electron chi connectivity index (χ3n) is 9.31. The Hall–Kier alpha value is -4.77. The molecule has 1 N–H and O–H groups in total. The topological polar surface area (TPSA) is 85.2 Å². The molecule has 2 aliphatic rings. The summed E-state index contributed by atoms with van der Waals surface area (Å²) in [5.41, 5.74) is 2.90. The molecule has 1 atom stereocenters. The number of aromatic nitrogens is 4. The van der Waals surface area contributed by atoms with E-state index in [-0.39, 0.29) is 29.0 Å². The first kappa shape index (κ1) is 32.2. The van der Waals surface area contributed by atoms with Gasteiger partial charge in [0, 0.05) is 34.8 Å². The van der Waals surface area contributed by atoms with Gasteiger partial charge in [-0.3, -0.25) is 4.90 Å². The second-order valence-electron chi connectivity index (χ2n) is 12.1. The fraction of sp³-hybridized carbons (Fsp3) is 0.333. The minimum absolute atomic E-state index is 0.0798. The normalized spacial score (nSPS) is 18.6. The van der Waals surface area contributed by atoms with Crippen molar-refractivity contribution in [1.82, 2.24) is 30.4 Å². The third-order valence-corrected chi connectivity index (χ3v) is 9.31. The molecule has 0 amide bonds. The fourth-order valence-electron chi connectivity index (χ4n) is 7.03. The number of benzene rings is 3. The SMILES string of the molecule is CC1=C(C(=O)OCCN2CCC(c3ccccc3)(c3ccccc3)CC2)C(c2ccccc2C(F)(F)F)C(c2nnn(C)n2)=C(C)N1. The number of carbonyl (C=O) groups is 1. The molecular formula is C36H37F3N6O2. The fourth-order valence-corrected chi connectivity index (χ4v) is 7.03. The molecule has 1 saturated heterocycles. The van der Waals surface area contributed by atoms with Gasteiger partial charge in [0.2, 0.25) is 5.82 Å². The number of ether oxygens (including phenoxy) is 1. The van der Waals surface area contributed by atoms with Gasteiger partial charge in [-0.05, 0) is 67.7 Å². The molecule has 0 spiro atoms. The predicted molar refractivity (Wildman–Crippen MR) is 172 cm³/mol. The van der Waals surface area contributed by atoms with Crippen LogP contribution < -0.4 is 5.32 Å². The largest absolute Gasteiger partial charge is 0.461 e. The van der Waals surface area contributed by atoms with Gasteiger partial charge in [-0.15, -0.1) is 10.2 Å². The second kappa shape index (κ2) is 13.2. The Morgan fingerprint density at radius 3 is 2.09 bits per heavy atom. The van der Waals surface area contributed by atoms with E-state index >= 15 is 0 Å². The first-order valence-electron chi connectivity index (χ1n) is 15.7. The van der Waals surface area contributed by atoms with Gasteiger partial charge < -0.3 is 10.1 Å². The van der Waals surface area contributed by atoms with Crippen LogP contribution in [0.4, 0.5) is 13.2 Å². The maximum Gasteiger partial charge on any atom is 0.416 e. The van der Waals surface area contributed by atoms with Gasteiger partial charge in [0.05, 0.1) is 18.2 Å². The summed E-state index contributed by atoms with van der Waals surface area (Å²) in [6.45, 7) is 5.59. The number of dihydropyridines is 1. The van der Waals surface area contributed by atoms with Crippen LogP contribution in [0.3, 0.4) is 0 Å². The maximum atomic E-state index is 14.3. The molecule has 4 aromatic rings. The predicted octanol–water partition coefficient (Wildman–Crippen LogP) is 6.25. The lowest BCUT2D eigenvalue weighted by Gasteiger charge is -2.43. The van der Waals surface area contributed by atoms with E-state index in [4.69, 9.17) is 4.74 Å². The first-order valence-corrected chi connectivity index (χ1v) is 15.7. The maximum absolute atomic E-state index is 14.3. The number of tetrazole rings is 1. The summed E-state index contributed by atoms with van der Waals surface area (Å²) in [7, 11) is 1.57. The smallest absolute Gasteiger partial charge is 0.416 e. The highest BCUT2D eigenvalue weighted by Crippen LogP contribution is 2.47. The molecule has 0 saturated carbocycles. The minimum atomic E-state index is -4.65. The van der Waals surface area contributed by atoms with Crippen molar-refractivity contribution in [3.63, 3.8) is 0 Å². The average molecular weight is 643 g/mol. The molecular weight excluding hydrogens is 605 g/mol. The summed E-state index contributed by atoms with van der Waals surface area (Å²) in [6, 6.07) is 26.4. The molecule has 3 aromatic carbocycles. The molecule has 244 valence electrons. The van der Waals surface area contributed by atoms with Crippen LogP contribution in [0.25, 0.3) is 5.57 Å². The zero-order chi connectivity index (χ0) is 33.2. The zero-order valence-corrected chi connectivity index (χ0v) is 26.6. The quantitative estimate of drug-likeness (QED) is 0.228. The monoisotopic (exact) mass is 642 g/mol.